The Morgan fingerprint density at radius 1 is 1.27 bits per heavy atom. The third-order valence-electron chi connectivity index (χ3n) is 2.18. The van der Waals surface area contributed by atoms with Crippen molar-refractivity contribution in [2.45, 2.75) is 34.2 Å². The minimum absolute atomic E-state index is 0.344. The van der Waals surface area contributed by atoms with Crippen molar-refractivity contribution in [2.75, 3.05) is 6.54 Å². The molecular formula is C13H20BrN. The molecule has 0 radical (unpaired) electrons. The topological polar surface area (TPSA) is 12.0 Å². The Bertz CT molecular complexity index is 326. The number of nitrogens with one attached hydrogen (secondary N) is 1. The second-order valence-electron chi connectivity index (χ2n) is 5.26. The summed E-state index contributed by atoms with van der Waals surface area (Å²) in [6.45, 7) is 10.8. The normalized spacial score (nSPS) is 11.8. The van der Waals surface area contributed by atoms with E-state index < -0.39 is 0 Å². The monoisotopic (exact) mass is 269 g/mol. The lowest BCUT2D eigenvalue weighted by Crippen LogP contribution is -2.26. The van der Waals surface area contributed by atoms with Crippen molar-refractivity contribution in [3.63, 3.8) is 0 Å². The smallest absolute Gasteiger partial charge is 0.0222 e. The molecule has 0 saturated carbocycles. The van der Waals surface area contributed by atoms with Gasteiger partial charge in [-0.05, 0) is 29.5 Å². The third-order valence-corrected chi connectivity index (χ3v) is 2.92. The van der Waals surface area contributed by atoms with Gasteiger partial charge >= 0.3 is 0 Å². The van der Waals surface area contributed by atoms with Gasteiger partial charge in [0.05, 0.1) is 0 Å². The summed E-state index contributed by atoms with van der Waals surface area (Å²) in [7, 11) is 0. The van der Waals surface area contributed by atoms with Crippen LogP contribution in [0, 0.1) is 12.3 Å². The van der Waals surface area contributed by atoms with Crippen LogP contribution in [-0.4, -0.2) is 6.54 Å². The minimum atomic E-state index is 0.344. The highest BCUT2D eigenvalue weighted by Gasteiger charge is 2.09. The summed E-state index contributed by atoms with van der Waals surface area (Å²) in [6, 6.07) is 6.49. The van der Waals surface area contributed by atoms with Gasteiger partial charge in [-0.2, -0.15) is 0 Å². The summed E-state index contributed by atoms with van der Waals surface area (Å²) >= 11 is 3.59. The van der Waals surface area contributed by atoms with Crippen LogP contribution in [-0.2, 0) is 6.54 Å². The molecule has 1 nitrogen and oxygen atoms in total. The average molecular weight is 270 g/mol. The maximum absolute atomic E-state index is 3.59. The van der Waals surface area contributed by atoms with Crippen molar-refractivity contribution in [3.8, 4) is 0 Å². The zero-order valence-electron chi connectivity index (χ0n) is 10.0. The Kier molecular flexibility index (Phi) is 4.35. The van der Waals surface area contributed by atoms with Crippen molar-refractivity contribution < 1.29 is 0 Å². The second kappa shape index (κ2) is 5.13. The molecule has 0 aliphatic rings. The van der Waals surface area contributed by atoms with Crippen LogP contribution in [0.2, 0.25) is 0 Å². The molecule has 0 spiro atoms. The van der Waals surface area contributed by atoms with Crippen LogP contribution in [0.1, 0.15) is 31.9 Å². The highest BCUT2D eigenvalue weighted by molar-refractivity contribution is 9.10. The first-order valence-corrected chi connectivity index (χ1v) is 6.13. The van der Waals surface area contributed by atoms with Crippen LogP contribution in [0.5, 0.6) is 0 Å². The van der Waals surface area contributed by atoms with Crippen molar-refractivity contribution in [1.29, 1.82) is 0 Å². The van der Waals surface area contributed by atoms with E-state index in [9.17, 15) is 0 Å². The van der Waals surface area contributed by atoms with Gasteiger partial charge in [0.1, 0.15) is 0 Å². The molecule has 1 rings (SSSR count). The summed E-state index contributed by atoms with van der Waals surface area (Å²) in [6.07, 6.45) is 0. The van der Waals surface area contributed by atoms with Gasteiger partial charge in [0.2, 0.25) is 0 Å². The molecule has 0 fully saturated rings. The average Bonchev–Trinajstić information content (AvgIpc) is 2.07. The Morgan fingerprint density at radius 2 is 1.93 bits per heavy atom. The second-order valence-corrected chi connectivity index (χ2v) is 6.11. The van der Waals surface area contributed by atoms with Gasteiger partial charge in [0.25, 0.3) is 0 Å². The molecule has 0 heterocycles. The fourth-order valence-electron chi connectivity index (χ4n) is 1.37. The summed E-state index contributed by atoms with van der Waals surface area (Å²) in [4.78, 5) is 0. The SMILES string of the molecule is Cc1ccc(CNCC(C)(C)C)c(Br)c1. The van der Waals surface area contributed by atoms with E-state index in [1.165, 1.54) is 15.6 Å². The molecule has 0 saturated heterocycles. The lowest BCUT2D eigenvalue weighted by atomic mass is 9.97. The van der Waals surface area contributed by atoms with Gasteiger partial charge in [-0.3, -0.25) is 0 Å². The quantitative estimate of drug-likeness (QED) is 0.878. The van der Waals surface area contributed by atoms with E-state index in [2.05, 4.69) is 67.1 Å². The molecule has 1 aromatic carbocycles. The van der Waals surface area contributed by atoms with Gasteiger partial charge < -0.3 is 5.32 Å². The Hall–Kier alpha value is -0.340. The molecule has 15 heavy (non-hydrogen) atoms. The van der Waals surface area contributed by atoms with Gasteiger partial charge in [0.15, 0.2) is 0 Å². The fourth-order valence-corrected chi connectivity index (χ4v) is 2.00. The van der Waals surface area contributed by atoms with E-state index in [1.807, 2.05) is 0 Å². The van der Waals surface area contributed by atoms with E-state index in [0.717, 1.165) is 13.1 Å². The zero-order valence-corrected chi connectivity index (χ0v) is 11.6. The van der Waals surface area contributed by atoms with Crippen molar-refractivity contribution in [3.05, 3.63) is 33.8 Å². The van der Waals surface area contributed by atoms with Gasteiger partial charge in [-0.25, -0.2) is 0 Å². The van der Waals surface area contributed by atoms with Gasteiger partial charge in [-0.1, -0.05) is 48.8 Å². The van der Waals surface area contributed by atoms with Crippen molar-refractivity contribution in [1.82, 2.24) is 5.32 Å². The number of rotatable bonds is 3. The number of hydrogen-bond donors (Lipinski definition) is 1. The number of benzene rings is 1. The van der Waals surface area contributed by atoms with E-state index in [-0.39, 0.29) is 0 Å². The number of halogens is 1. The van der Waals surface area contributed by atoms with Gasteiger partial charge in [0, 0.05) is 17.6 Å². The predicted octanol–water partition coefficient (Wildman–Crippen LogP) is 3.89. The lowest BCUT2D eigenvalue weighted by molar-refractivity contribution is 0.379. The Labute approximate surface area is 101 Å². The first-order chi connectivity index (χ1) is 6.88. The predicted molar refractivity (Wildman–Crippen MR) is 70.0 cm³/mol. The molecule has 84 valence electrons. The summed E-state index contributed by atoms with van der Waals surface area (Å²) < 4.78 is 1.20. The maximum Gasteiger partial charge on any atom is 0.0222 e. The minimum Gasteiger partial charge on any atom is -0.312 e. The van der Waals surface area contributed by atoms with Crippen LogP contribution in [0.25, 0.3) is 0 Å². The van der Waals surface area contributed by atoms with Crippen molar-refractivity contribution in [2.24, 2.45) is 5.41 Å². The molecule has 1 aromatic rings. The summed E-state index contributed by atoms with van der Waals surface area (Å²) in [5.74, 6) is 0. The summed E-state index contributed by atoms with van der Waals surface area (Å²) in [5, 5.41) is 3.47. The number of hydrogen-bond acceptors (Lipinski definition) is 1. The fraction of sp³-hybridized carbons (Fsp3) is 0.538. The largest absolute Gasteiger partial charge is 0.312 e. The molecule has 0 unspecified atom stereocenters. The van der Waals surface area contributed by atoms with Crippen LogP contribution in [0.4, 0.5) is 0 Å². The Morgan fingerprint density at radius 3 is 2.47 bits per heavy atom. The van der Waals surface area contributed by atoms with E-state index in [1.54, 1.807) is 0 Å². The zero-order chi connectivity index (χ0) is 11.5. The van der Waals surface area contributed by atoms with Crippen LogP contribution in [0.15, 0.2) is 22.7 Å². The number of aryl methyl sites for hydroxylation is 1. The highest BCUT2D eigenvalue weighted by Crippen LogP contribution is 2.18. The molecule has 0 aromatic heterocycles. The van der Waals surface area contributed by atoms with Crippen LogP contribution in [0.3, 0.4) is 0 Å². The van der Waals surface area contributed by atoms with E-state index >= 15 is 0 Å². The molecule has 0 bridgehead atoms. The first-order valence-electron chi connectivity index (χ1n) is 5.34. The molecule has 1 N–H and O–H groups in total. The van der Waals surface area contributed by atoms with E-state index in [0.29, 0.717) is 5.41 Å². The molecule has 0 amide bonds. The standard InChI is InChI=1S/C13H20BrN/c1-10-5-6-11(12(14)7-10)8-15-9-13(2,3)4/h5-7,15H,8-9H2,1-4H3. The molecule has 0 aliphatic carbocycles. The molecule has 2 heteroatoms. The summed E-state index contributed by atoms with van der Waals surface area (Å²) in [5.41, 5.74) is 2.96. The van der Waals surface area contributed by atoms with Crippen LogP contribution >= 0.6 is 15.9 Å². The molecular weight excluding hydrogens is 250 g/mol. The van der Waals surface area contributed by atoms with E-state index in [4.69, 9.17) is 0 Å². The van der Waals surface area contributed by atoms with Gasteiger partial charge in [-0.15, -0.1) is 0 Å². The van der Waals surface area contributed by atoms with Crippen LogP contribution < -0.4 is 5.32 Å². The maximum atomic E-state index is 3.59. The van der Waals surface area contributed by atoms with Crippen molar-refractivity contribution >= 4 is 15.9 Å². The lowest BCUT2D eigenvalue weighted by Gasteiger charge is -2.19. The third kappa shape index (κ3) is 4.80. The molecule has 0 atom stereocenters. The highest BCUT2D eigenvalue weighted by atomic mass is 79.9. The Balaban J connectivity index is 2.51. The molecule has 0 aliphatic heterocycles. The first kappa shape index (κ1) is 12.7.